The molecule has 3 nitrogen and oxygen atoms in total. The van der Waals surface area contributed by atoms with Crippen LogP contribution in [0.15, 0.2) is 60.7 Å². The molecule has 4 rings (SSSR count). The Balaban J connectivity index is 1.47. The second-order valence-electron chi connectivity index (χ2n) is 6.65. The molecular weight excluding hydrogens is 284 g/mol. The predicted molar refractivity (Wildman–Crippen MR) is 91.1 cm³/mol. The summed E-state index contributed by atoms with van der Waals surface area (Å²) in [6.07, 6.45) is 3.33. The van der Waals surface area contributed by atoms with Crippen molar-refractivity contribution in [3.05, 3.63) is 71.8 Å². The number of hydrogen-bond acceptors (Lipinski definition) is 2. The molecule has 2 aromatic carbocycles. The van der Waals surface area contributed by atoms with E-state index in [4.69, 9.17) is 0 Å². The van der Waals surface area contributed by atoms with Gasteiger partial charge in [0.1, 0.15) is 6.04 Å². The number of rotatable bonds is 6. The molecule has 1 amide bonds. The lowest BCUT2D eigenvalue weighted by molar-refractivity contribution is -0.123. The molecule has 0 saturated heterocycles. The summed E-state index contributed by atoms with van der Waals surface area (Å²) in [5, 5.41) is 6.72. The Kier molecular flexibility index (Phi) is 3.88. The van der Waals surface area contributed by atoms with E-state index in [1.807, 2.05) is 36.4 Å². The van der Waals surface area contributed by atoms with Crippen molar-refractivity contribution >= 4 is 5.91 Å². The Morgan fingerprint density at radius 2 is 1.61 bits per heavy atom. The van der Waals surface area contributed by atoms with Gasteiger partial charge in [0.2, 0.25) is 5.91 Å². The first kappa shape index (κ1) is 14.5. The topological polar surface area (TPSA) is 41.1 Å². The highest BCUT2D eigenvalue weighted by molar-refractivity contribution is 5.83. The van der Waals surface area contributed by atoms with E-state index in [2.05, 4.69) is 34.9 Å². The van der Waals surface area contributed by atoms with Crippen LogP contribution in [0.3, 0.4) is 0 Å². The minimum atomic E-state index is -0.254. The quantitative estimate of drug-likeness (QED) is 0.861. The number of hydrogen-bond donors (Lipinski definition) is 2. The van der Waals surface area contributed by atoms with Gasteiger partial charge in [-0.3, -0.25) is 10.1 Å². The number of nitrogens with one attached hydrogen (secondary N) is 2. The molecule has 0 bridgehead atoms. The molecule has 0 spiro atoms. The average molecular weight is 306 g/mol. The molecule has 0 aromatic heterocycles. The van der Waals surface area contributed by atoms with Gasteiger partial charge < -0.3 is 5.32 Å². The van der Waals surface area contributed by atoms with Crippen molar-refractivity contribution in [1.82, 2.24) is 10.6 Å². The van der Waals surface area contributed by atoms with E-state index in [9.17, 15) is 4.79 Å². The normalized spacial score (nSPS) is 24.0. The molecular formula is C20H22N2O. The van der Waals surface area contributed by atoms with Gasteiger partial charge in [-0.05, 0) is 30.4 Å². The van der Waals surface area contributed by atoms with Crippen molar-refractivity contribution in [2.75, 3.05) is 0 Å². The van der Waals surface area contributed by atoms with Crippen LogP contribution in [0.4, 0.5) is 0 Å². The van der Waals surface area contributed by atoms with Gasteiger partial charge in [-0.1, -0.05) is 60.7 Å². The van der Waals surface area contributed by atoms with E-state index in [1.54, 1.807) is 0 Å². The smallest absolute Gasteiger partial charge is 0.241 e. The van der Waals surface area contributed by atoms with Gasteiger partial charge in [0.25, 0.3) is 0 Å². The van der Waals surface area contributed by atoms with Crippen molar-refractivity contribution in [3.63, 3.8) is 0 Å². The summed E-state index contributed by atoms with van der Waals surface area (Å²) in [6.45, 7) is 0. The van der Waals surface area contributed by atoms with Crippen LogP contribution in [0.1, 0.15) is 42.3 Å². The lowest BCUT2D eigenvalue weighted by atomic mass is 10.1. The van der Waals surface area contributed by atoms with Crippen molar-refractivity contribution in [1.29, 1.82) is 0 Å². The highest BCUT2D eigenvalue weighted by Crippen LogP contribution is 2.42. The monoisotopic (exact) mass is 306 g/mol. The van der Waals surface area contributed by atoms with Gasteiger partial charge in [-0.2, -0.15) is 0 Å². The van der Waals surface area contributed by atoms with Crippen molar-refractivity contribution in [3.8, 4) is 0 Å². The molecule has 0 aliphatic heterocycles. The van der Waals surface area contributed by atoms with E-state index in [0.29, 0.717) is 18.0 Å². The first-order valence-electron chi connectivity index (χ1n) is 8.47. The average Bonchev–Trinajstić information content (AvgIpc) is 3.50. The van der Waals surface area contributed by atoms with Gasteiger partial charge >= 0.3 is 0 Å². The minimum Gasteiger partial charge on any atom is -0.352 e. The zero-order valence-electron chi connectivity index (χ0n) is 13.1. The maximum Gasteiger partial charge on any atom is 0.241 e. The highest BCUT2D eigenvalue weighted by atomic mass is 16.2. The van der Waals surface area contributed by atoms with Crippen LogP contribution in [-0.4, -0.2) is 18.0 Å². The second kappa shape index (κ2) is 6.17. The fourth-order valence-corrected chi connectivity index (χ4v) is 3.14. The van der Waals surface area contributed by atoms with Gasteiger partial charge in [-0.15, -0.1) is 0 Å². The highest BCUT2D eigenvalue weighted by Gasteiger charge is 2.41. The number of carbonyl (C=O) groups excluding carboxylic acids is 1. The third kappa shape index (κ3) is 3.45. The van der Waals surface area contributed by atoms with Crippen LogP contribution in [0.2, 0.25) is 0 Å². The first-order chi connectivity index (χ1) is 11.3. The molecule has 2 aliphatic rings. The maximum absolute atomic E-state index is 12.6. The van der Waals surface area contributed by atoms with E-state index in [-0.39, 0.29) is 11.9 Å². The van der Waals surface area contributed by atoms with Crippen molar-refractivity contribution < 1.29 is 4.79 Å². The van der Waals surface area contributed by atoms with Crippen LogP contribution in [0, 0.1) is 0 Å². The summed E-state index contributed by atoms with van der Waals surface area (Å²) in [5.41, 5.74) is 2.41. The van der Waals surface area contributed by atoms with Crippen LogP contribution in [0.25, 0.3) is 0 Å². The van der Waals surface area contributed by atoms with E-state index in [1.165, 1.54) is 5.56 Å². The molecule has 0 unspecified atom stereocenters. The Hall–Kier alpha value is -2.13. The van der Waals surface area contributed by atoms with Gasteiger partial charge in [0.15, 0.2) is 0 Å². The first-order valence-corrected chi connectivity index (χ1v) is 8.47. The minimum absolute atomic E-state index is 0.109. The van der Waals surface area contributed by atoms with Gasteiger partial charge in [0, 0.05) is 18.0 Å². The summed E-state index contributed by atoms with van der Waals surface area (Å²) in [4.78, 5) is 12.6. The molecule has 2 aliphatic carbocycles. The number of amides is 1. The Labute approximate surface area is 137 Å². The summed E-state index contributed by atoms with van der Waals surface area (Å²) in [6, 6.07) is 21.1. The van der Waals surface area contributed by atoms with E-state index < -0.39 is 0 Å². The SMILES string of the molecule is O=C(NC1CC1)[C@H](N[C@@H]1C[C@H]1c1ccccc1)c1ccccc1. The molecule has 2 N–H and O–H groups in total. The Bertz CT molecular complexity index is 667. The molecule has 2 fully saturated rings. The largest absolute Gasteiger partial charge is 0.352 e. The lowest BCUT2D eigenvalue weighted by Crippen LogP contribution is -2.39. The number of benzene rings is 2. The van der Waals surface area contributed by atoms with Crippen LogP contribution >= 0.6 is 0 Å². The molecule has 2 saturated carbocycles. The second-order valence-corrected chi connectivity index (χ2v) is 6.65. The zero-order chi connectivity index (χ0) is 15.6. The van der Waals surface area contributed by atoms with Crippen molar-refractivity contribution in [2.24, 2.45) is 0 Å². The molecule has 2 aromatic rings. The molecule has 0 heterocycles. The maximum atomic E-state index is 12.6. The van der Waals surface area contributed by atoms with Gasteiger partial charge in [0.05, 0.1) is 0 Å². The van der Waals surface area contributed by atoms with Crippen LogP contribution in [-0.2, 0) is 4.79 Å². The summed E-state index contributed by atoms with van der Waals surface area (Å²) < 4.78 is 0. The molecule has 3 atom stereocenters. The zero-order valence-corrected chi connectivity index (χ0v) is 13.1. The Morgan fingerprint density at radius 1 is 0.957 bits per heavy atom. The number of carbonyl (C=O) groups is 1. The van der Waals surface area contributed by atoms with E-state index >= 15 is 0 Å². The summed E-state index contributed by atoms with van der Waals surface area (Å²) >= 11 is 0. The third-order valence-electron chi connectivity index (χ3n) is 4.72. The Morgan fingerprint density at radius 3 is 2.26 bits per heavy atom. The third-order valence-corrected chi connectivity index (χ3v) is 4.72. The fourth-order valence-electron chi connectivity index (χ4n) is 3.14. The molecule has 118 valence electrons. The van der Waals surface area contributed by atoms with E-state index in [0.717, 1.165) is 24.8 Å². The van der Waals surface area contributed by atoms with Gasteiger partial charge in [-0.25, -0.2) is 0 Å². The predicted octanol–water partition coefficient (Wildman–Crippen LogP) is 3.15. The summed E-state index contributed by atoms with van der Waals surface area (Å²) in [5.74, 6) is 0.633. The van der Waals surface area contributed by atoms with Crippen LogP contribution < -0.4 is 10.6 Å². The summed E-state index contributed by atoms with van der Waals surface area (Å²) in [7, 11) is 0. The lowest BCUT2D eigenvalue weighted by Gasteiger charge is -2.19. The molecule has 23 heavy (non-hydrogen) atoms. The molecule has 3 heteroatoms. The molecule has 0 radical (unpaired) electrons. The van der Waals surface area contributed by atoms with Crippen LogP contribution in [0.5, 0.6) is 0 Å². The standard InChI is InChI=1S/C20H22N2O/c23-20(21-16-11-12-16)19(15-9-5-2-6-10-15)22-18-13-17(18)14-7-3-1-4-8-14/h1-10,16-19,22H,11-13H2,(H,21,23)/t17-,18+,19+/m0/s1. The van der Waals surface area contributed by atoms with Crippen molar-refractivity contribution in [2.45, 2.75) is 43.3 Å². The fraction of sp³-hybridized carbons (Fsp3) is 0.350.